The normalized spacial score (nSPS) is 19.1. The summed E-state index contributed by atoms with van der Waals surface area (Å²) in [5.41, 5.74) is 5.83. The van der Waals surface area contributed by atoms with Gasteiger partial charge in [0.2, 0.25) is 0 Å². The van der Waals surface area contributed by atoms with E-state index in [2.05, 4.69) is 6.92 Å². The van der Waals surface area contributed by atoms with E-state index >= 15 is 0 Å². The molecule has 1 saturated heterocycles. The first-order valence-corrected chi connectivity index (χ1v) is 7.40. The Morgan fingerprint density at radius 2 is 2.19 bits per heavy atom. The van der Waals surface area contributed by atoms with Crippen LogP contribution >= 0.6 is 0 Å². The van der Waals surface area contributed by atoms with Crippen LogP contribution in [0.5, 0.6) is 0 Å². The molecule has 0 spiro atoms. The summed E-state index contributed by atoms with van der Waals surface area (Å²) in [6.45, 7) is 2.76. The van der Waals surface area contributed by atoms with E-state index in [0.717, 1.165) is 32.1 Å². The van der Waals surface area contributed by atoms with Crippen molar-refractivity contribution in [3.63, 3.8) is 0 Å². The molecule has 1 fully saturated rings. The van der Waals surface area contributed by atoms with Crippen LogP contribution in [0.4, 0.5) is 11.4 Å². The molecule has 114 valence electrons. The van der Waals surface area contributed by atoms with Crippen molar-refractivity contribution in [2.24, 2.45) is 0 Å². The number of nitro groups is 1. The van der Waals surface area contributed by atoms with Crippen LogP contribution in [0.2, 0.25) is 0 Å². The lowest BCUT2D eigenvalue weighted by molar-refractivity contribution is -0.383. The maximum atomic E-state index is 12.7. The number of hydrogen-bond donors (Lipinski definition) is 1. The summed E-state index contributed by atoms with van der Waals surface area (Å²) in [4.78, 5) is 25.0. The van der Waals surface area contributed by atoms with Crippen LogP contribution in [0.1, 0.15) is 49.4 Å². The Balaban J connectivity index is 2.34. The Morgan fingerprint density at radius 1 is 1.43 bits per heavy atom. The first kappa shape index (κ1) is 15.3. The number of carbonyl (C=O) groups is 1. The highest BCUT2D eigenvalue weighted by Gasteiger charge is 2.28. The van der Waals surface area contributed by atoms with Gasteiger partial charge in [-0.2, -0.15) is 0 Å². The number of para-hydroxylation sites is 1. The SMILES string of the molecule is CCC1CCCCCN1C(=O)c1cccc([N+](=O)[O-])c1N. The predicted octanol–water partition coefficient (Wildman–Crippen LogP) is 2.97. The van der Waals surface area contributed by atoms with Crippen molar-refractivity contribution in [3.05, 3.63) is 33.9 Å². The Labute approximate surface area is 124 Å². The smallest absolute Gasteiger partial charge is 0.292 e. The molecule has 1 heterocycles. The van der Waals surface area contributed by atoms with Crippen molar-refractivity contribution >= 4 is 17.3 Å². The monoisotopic (exact) mass is 291 g/mol. The Bertz CT molecular complexity index is 545. The number of nitrogens with zero attached hydrogens (tertiary/aromatic N) is 2. The standard InChI is InChI=1S/C15H21N3O3/c1-2-11-7-4-3-5-10-17(11)15(19)12-8-6-9-13(14(12)16)18(20)21/h6,8-9,11H,2-5,7,10,16H2,1H3. The van der Waals surface area contributed by atoms with Crippen molar-refractivity contribution in [1.29, 1.82) is 0 Å². The molecule has 1 aliphatic rings. The maximum Gasteiger partial charge on any atom is 0.292 e. The van der Waals surface area contributed by atoms with E-state index in [1.54, 1.807) is 6.07 Å². The lowest BCUT2D eigenvalue weighted by Gasteiger charge is -2.29. The van der Waals surface area contributed by atoms with Crippen LogP contribution in [0.3, 0.4) is 0 Å². The summed E-state index contributed by atoms with van der Waals surface area (Å²) in [6.07, 6.45) is 5.08. The molecule has 2 rings (SSSR count). The molecule has 0 bridgehead atoms. The van der Waals surface area contributed by atoms with Gasteiger partial charge in [0.05, 0.1) is 10.5 Å². The number of likely N-dealkylation sites (tertiary alicyclic amines) is 1. The highest BCUT2D eigenvalue weighted by molar-refractivity contribution is 6.01. The number of hydrogen-bond acceptors (Lipinski definition) is 4. The van der Waals surface area contributed by atoms with Crippen molar-refractivity contribution in [2.45, 2.75) is 45.1 Å². The number of rotatable bonds is 3. The summed E-state index contributed by atoms with van der Waals surface area (Å²) in [7, 11) is 0. The Kier molecular flexibility index (Phi) is 4.77. The van der Waals surface area contributed by atoms with Gasteiger partial charge in [0.25, 0.3) is 11.6 Å². The van der Waals surface area contributed by atoms with Crippen LogP contribution in [0, 0.1) is 10.1 Å². The average Bonchev–Trinajstić information content (AvgIpc) is 2.71. The summed E-state index contributed by atoms with van der Waals surface area (Å²) in [5, 5.41) is 10.9. The zero-order chi connectivity index (χ0) is 15.4. The molecule has 21 heavy (non-hydrogen) atoms. The number of amides is 1. The molecule has 0 aliphatic carbocycles. The lowest BCUT2D eigenvalue weighted by Crippen LogP contribution is -2.40. The minimum Gasteiger partial charge on any atom is -0.393 e. The van der Waals surface area contributed by atoms with Gasteiger partial charge in [-0.1, -0.05) is 25.8 Å². The zero-order valence-corrected chi connectivity index (χ0v) is 12.2. The molecule has 1 aromatic rings. The summed E-state index contributed by atoms with van der Waals surface area (Å²) in [5.74, 6) is -0.190. The van der Waals surface area contributed by atoms with E-state index in [0.29, 0.717) is 6.54 Å². The largest absolute Gasteiger partial charge is 0.393 e. The minimum atomic E-state index is -0.550. The second-order valence-electron chi connectivity index (χ2n) is 5.41. The average molecular weight is 291 g/mol. The van der Waals surface area contributed by atoms with Gasteiger partial charge >= 0.3 is 0 Å². The van der Waals surface area contributed by atoms with E-state index < -0.39 is 4.92 Å². The van der Waals surface area contributed by atoms with Crippen molar-refractivity contribution in [1.82, 2.24) is 4.90 Å². The quantitative estimate of drug-likeness (QED) is 0.526. The number of anilines is 1. The van der Waals surface area contributed by atoms with E-state index in [1.165, 1.54) is 12.1 Å². The van der Waals surface area contributed by atoms with Gasteiger partial charge in [-0.3, -0.25) is 14.9 Å². The van der Waals surface area contributed by atoms with Gasteiger partial charge in [-0.15, -0.1) is 0 Å². The molecule has 2 N–H and O–H groups in total. The van der Waals surface area contributed by atoms with Gasteiger partial charge in [0.15, 0.2) is 0 Å². The fourth-order valence-electron chi connectivity index (χ4n) is 2.92. The molecule has 0 radical (unpaired) electrons. The van der Waals surface area contributed by atoms with Crippen molar-refractivity contribution in [3.8, 4) is 0 Å². The Morgan fingerprint density at radius 3 is 2.86 bits per heavy atom. The number of benzene rings is 1. The second kappa shape index (κ2) is 6.56. The van der Waals surface area contributed by atoms with E-state index in [9.17, 15) is 14.9 Å². The molecule has 1 unspecified atom stereocenters. The van der Waals surface area contributed by atoms with Gasteiger partial charge < -0.3 is 10.6 Å². The first-order chi connectivity index (χ1) is 10.1. The van der Waals surface area contributed by atoms with Crippen molar-refractivity contribution in [2.75, 3.05) is 12.3 Å². The van der Waals surface area contributed by atoms with Crippen LogP contribution < -0.4 is 5.73 Å². The second-order valence-corrected chi connectivity index (χ2v) is 5.41. The topological polar surface area (TPSA) is 89.5 Å². The number of nitrogens with two attached hydrogens (primary N) is 1. The third-order valence-corrected chi connectivity index (χ3v) is 4.12. The van der Waals surface area contributed by atoms with Crippen LogP contribution in [0.15, 0.2) is 18.2 Å². The van der Waals surface area contributed by atoms with Crippen LogP contribution in [-0.2, 0) is 0 Å². The molecule has 0 saturated carbocycles. The zero-order valence-electron chi connectivity index (χ0n) is 12.2. The Hall–Kier alpha value is -2.11. The van der Waals surface area contributed by atoms with Crippen LogP contribution in [0.25, 0.3) is 0 Å². The summed E-state index contributed by atoms with van der Waals surface area (Å²) >= 11 is 0. The molecule has 1 atom stereocenters. The van der Waals surface area contributed by atoms with E-state index in [1.807, 2.05) is 4.90 Å². The molecular formula is C15H21N3O3. The summed E-state index contributed by atoms with van der Waals surface area (Å²) in [6, 6.07) is 4.60. The highest BCUT2D eigenvalue weighted by Crippen LogP contribution is 2.28. The molecular weight excluding hydrogens is 270 g/mol. The van der Waals surface area contributed by atoms with Gasteiger partial charge in [-0.05, 0) is 25.3 Å². The summed E-state index contributed by atoms with van der Waals surface area (Å²) < 4.78 is 0. The van der Waals surface area contributed by atoms with Gasteiger partial charge in [-0.25, -0.2) is 0 Å². The molecule has 0 aromatic heterocycles. The predicted molar refractivity (Wildman–Crippen MR) is 81.1 cm³/mol. The van der Waals surface area contributed by atoms with E-state index in [-0.39, 0.29) is 28.9 Å². The highest BCUT2D eigenvalue weighted by atomic mass is 16.6. The minimum absolute atomic E-state index is 0.0356. The van der Waals surface area contributed by atoms with E-state index in [4.69, 9.17) is 5.73 Å². The third-order valence-electron chi connectivity index (χ3n) is 4.12. The van der Waals surface area contributed by atoms with Gasteiger partial charge in [0, 0.05) is 18.7 Å². The lowest BCUT2D eigenvalue weighted by atomic mass is 10.1. The van der Waals surface area contributed by atoms with Crippen molar-refractivity contribution < 1.29 is 9.72 Å². The molecule has 1 aromatic carbocycles. The third kappa shape index (κ3) is 3.15. The fraction of sp³-hybridized carbons (Fsp3) is 0.533. The first-order valence-electron chi connectivity index (χ1n) is 7.40. The molecule has 6 nitrogen and oxygen atoms in total. The maximum absolute atomic E-state index is 12.7. The van der Waals surface area contributed by atoms with Crippen LogP contribution in [-0.4, -0.2) is 28.3 Å². The number of nitrogen functional groups attached to an aromatic ring is 1. The molecule has 1 amide bonds. The number of carbonyl (C=O) groups excluding carboxylic acids is 1. The molecule has 6 heteroatoms. The molecule has 1 aliphatic heterocycles. The fourth-order valence-corrected chi connectivity index (χ4v) is 2.92. The van der Waals surface area contributed by atoms with Gasteiger partial charge in [0.1, 0.15) is 5.69 Å². The number of nitro benzene ring substituents is 1.